The molecule has 14 heteroatoms. The number of carbonyl (C=O) groups is 5. The highest BCUT2D eigenvalue weighted by Gasteiger charge is 2.20. The monoisotopic (exact) mass is 543 g/mol. The van der Waals surface area contributed by atoms with Gasteiger partial charge in [0, 0.05) is 6.42 Å². The molecule has 1 saturated heterocycles. The van der Waals surface area contributed by atoms with Crippen LogP contribution in [0.4, 0.5) is 0 Å². The number of nitrogens with one attached hydrogen (secondary N) is 1. The molecule has 1 amide bonds. The Morgan fingerprint density at radius 2 is 1.42 bits per heavy atom. The van der Waals surface area contributed by atoms with Gasteiger partial charge in [0.25, 0.3) is 0 Å². The SMILES string of the molecule is CC(C)C(N)C(=O)O.NC(=O)CCC(N)C(=O)O.NC(Cc1ccccc1)C(=O)O.O=C(O)[C@@H]1CCCN1. The summed E-state index contributed by atoms with van der Waals surface area (Å²) in [6.45, 7) is 4.41. The van der Waals surface area contributed by atoms with E-state index in [1.165, 1.54) is 0 Å². The van der Waals surface area contributed by atoms with Crippen molar-refractivity contribution < 1.29 is 44.4 Å². The third-order valence-corrected chi connectivity index (χ3v) is 5.00. The lowest BCUT2D eigenvalue weighted by atomic mass is 10.1. The summed E-state index contributed by atoms with van der Waals surface area (Å²) in [6.07, 6.45) is 2.29. The molecule has 3 unspecified atom stereocenters. The number of primary amides is 1. The van der Waals surface area contributed by atoms with Crippen LogP contribution in [0.15, 0.2) is 30.3 Å². The van der Waals surface area contributed by atoms with Gasteiger partial charge in [0.15, 0.2) is 0 Å². The molecular formula is C24H41N5O9. The van der Waals surface area contributed by atoms with Crippen molar-refractivity contribution in [2.24, 2.45) is 28.9 Å². The van der Waals surface area contributed by atoms with Crippen molar-refractivity contribution in [1.82, 2.24) is 5.32 Å². The topological polar surface area (TPSA) is 282 Å². The highest BCUT2D eigenvalue weighted by Crippen LogP contribution is 2.03. The van der Waals surface area contributed by atoms with Crippen LogP contribution in [0, 0.1) is 5.92 Å². The van der Waals surface area contributed by atoms with Crippen molar-refractivity contribution in [2.75, 3.05) is 6.54 Å². The summed E-state index contributed by atoms with van der Waals surface area (Å²) >= 11 is 0. The third-order valence-electron chi connectivity index (χ3n) is 5.00. The van der Waals surface area contributed by atoms with Gasteiger partial charge in [-0.1, -0.05) is 44.2 Å². The predicted molar refractivity (Wildman–Crippen MR) is 139 cm³/mol. The van der Waals surface area contributed by atoms with E-state index in [-0.39, 0.29) is 24.8 Å². The highest BCUT2D eigenvalue weighted by molar-refractivity contribution is 5.77. The molecule has 216 valence electrons. The van der Waals surface area contributed by atoms with E-state index in [0.29, 0.717) is 6.42 Å². The van der Waals surface area contributed by atoms with Crippen LogP contribution in [0.5, 0.6) is 0 Å². The van der Waals surface area contributed by atoms with Crippen LogP contribution in [0.3, 0.4) is 0 Å². The Hall–Kier alpha value is -3.59. The average Bonchev–Trinajstić information content (AvgIpc) is 3.39. The average molecular weight is 544 g/mol. The maximum absolute atomic E-state index is 10.4. The largest absolute Gasteiger partial charge is 0.480 e. The molecule has 1 aromatic rings. The van der Waals surface area contributed by atoms with Crippen molar-refractivity contribution in [3.63, 3.8) is 0 Å². The number of benzene rings is 1. The summed E-state index contributed by atoms with van der Waals surface area (Å²) in [4.78, 5) is 50.7. The minimum atomic E-state index is -1.11. The Morgan fingerprint density at radius 3 is 1.71 bits per heavy atom. The molecular weight excluding hydrogens is 502 g/mol. The number of hydrogen-bond acceptors (Lipinski definition) is 9. The van der Waals surface area contributed by atoms with Crippen LogP contribution >= 0.6 is 0 Å². The molecule has 14 nitrogen and oxygen atoms in total. The zero-order chi connectivity index (χ0) is 29.8. The van der Waals surface area contributed by atoms with Crippen LogP contribution in [0.2, 0.25) is 0 Å². The maximum Gasteiger partial charge on any atom is 0.320 e. The van der Waals surface area contributed by atoms with Gasteiger partial charge in [0.2, 0.25) is 5.91 Å². The van der Waals surface area contributed by atoms with E-state index < -0.39 is 47.9 Å². The van der Waals surface area contributed by atoms with E-state index in [2.05, 4.69) is 5.32 Å². The molecule has 38 heavy (non-hydrogen) atoms. The Labute approximate surface area is 221 Å². The van der Waals surface area contributed by atoms with E-state index in [0.717, 1.165) is 24.9 Å². The van der Waals surface area contributed by atoms with Crippen LogP contribution in [-0.2, 0) is 30.4 Å². The lowest BCUT2D eigenvalue weighted by Gasteiger charge is -2.07. The first-order valence-electron chi connectivity index (χ1n) is 11.8. The van der Waals surface area contributed by atoms with Gasteiger partial charge in [0.1, 0.15) is 24.2 Å². The second-order valence-electron chi connectivity index (χ2n) is 8.68. The van der Waals surface area contributed by atoms with Crippen molar-refractivity contribution in [2.45, 2.75) is 70.1 Å². The van der Waals surface area contributed by atoms with Gasteiger partial charge in [-0.2, -0.15) is 0 Å². The molecule has 13 N–H and O–H groups in total. The molecule has 2 rings (SSSR count). The van der Waals surface area contributed by atoms with Crippen LogP contribution in [0.1, 0.15) is 45.1 Å². The van der Waals surface area contributed by atoms with Crippen LogP contribution in [-0.4, -0.2) is 80.9 Å². The summed E-state index contributed by atoms with van der Waals surface area (Å²) in [6, 6.07) is 6.58. The quantitative estimate of drug-likeness (QED) is 0.174. The number of hydrogen-bond donors (Lipinski definition) is 9. The van der Waals surface area contributed by atoms with Crippen LogP contribution < -0.4 is 28.3 Å². The third kappa shape index (κ3) is 19.6. The predicted octanol–water partition coefficient (Wildman–Crippen LogP) is -0.818. The molecule has 1 aliphatic rings. The number of nitrogens with two attached hydrogens (primary N) is 4. The Morgan fingerprint density at radius 1 is 0.895 bits per heavy atom. The number of carboxylic acids is 4. The van der Waals surface area contributed by atoms with E-state index in [4.69, 9.17) is 43.4 Å². The molecule has 4 atom stereocenters. The molecule has 0 bridgehead atoms. The lowest BCUT2D eigenvalue weighted by molar-refractivity contribution is -0.140. The molecule has 1 heterocycles. The van der Waals surface area contributed by atoms with Crippen molar-refractivity contribution in [1.29, 1.82) is 0 Å². The Kier molecular flexibility index (Phi) is 19.7. The highest BCUT2D eigenvalue weighted by atomic mass is 16.4. The van der Waals surface area contributed by atoms with Gasteiger partial charge in [-0.25, -0.2) is 0 Å². The maximum atomic E-state index is 10.4. The Balaban J connectivity index is 0. The minimum absolute atomic E-state index is 0.0208. The number of rotatable bonds is 10. The summed E-state index contributed by atoms with van der Waals surface area (Å²) < 4.78 is 0. The molecule has 1 aromatic carbocycles. The van der Waals surface area contributed by atoms with E-state index in [1.807, 2.05) is 30.3 Å². The minimum Gasteiger partial charge on any atom is -0.480 e. The van der Waals surface area contributed by atoms with Gasteiger partial charge < -0.3 is 48.7 Å². The fourth-order valence-electron chi connectivity index (χ4n) is 2.56. The standard InChI is InChI=1S/C9H11NO2.C5H10N2O3.C5H9NO2.C5H11NO2/c10-8(9(11)12)6-7-4-2-1-3-5-7;6-3(5(9)10)1-2-4(7)8;7-5(8)4-2-1-3-6-4;1-3(2)4(6)5(7)8/h1-5,8H,6,10H2,(H,11,12);3H,1-2,6H2,(H2,7,8)(H,9,10);4,6H,1-3H2,(H,7,8);3-4H,6H2,1-2H3,(H,7,8)/t;;4-;/m..0./s1. The number of amides is 1. The van der Waals surface area contributed by atoms with Crippen LogP contribution in [0.25, 0.3) is 0 Å². The summed E-state index contributed by atoms with van der Waals surface area (Å²) in [5, 5.41) is 36.2. The van der Waals surface area contributed by atoms with Gasteiger partial charge in [0.05, 0.1) is 0 Å². The smallest absolute Gasteiger partial charge is 0.320 e. The fourth-order valence-corrected chi connectivity index (χ4v) is 2.56. The van der Waals surface area contributed by atoms with Gasteiger partial charge in [-0.05, 0) is 43.7 Å². The summed E-state index contributed by atoms with van der Waals surface area (Å²) in [5.74, 6) is -4.23. The second-order valence-corrected chi connectivity index (χ2v) is 8.68. The molecule has 1 fully saturated rings. The second kappa shape index (κ2) is 20.5. The van der Waals surface area contributed by atoms with E-state index in [1.54, 1.807) is 13.8 Å². The molecule has 1 aliphatic heterocycles. The fraction of sp³-hybridized carbons (Fsp3) is 0.542. The van der Waals surface area contributed by atoms with Crippen molar-refractivity contribution >= 4 is 29.8 Å². The number of aliphatic carboxylic acids is 4. The number of carboxylic acid groups (broad SMARTS) is 4. The first-order valence-corrected chi connectivity index (χ1v) is 11.8. The summed E-state index contributed by atoms with van der Waals surface area (Å²) in [7, 11) is 0. The Bertz CT molecular complexity index is 850. The van der Waals surface area contributed by atoms with E-state index in [9.17, 15) is 24.0 Å². The number of carbonyl (C=O) groups excluding carboxylic acids is 1. The molecule has 0 saturated carbocycles. The van der Waals surface area contributed by atoms with Crippen molar-refractivity contribution in [3.8, 4) is 0 Å². The zero-order valence-electron chi connectivity index (χ0n) is 21.7. The van der Waals surface area contributed by atoms with Gasteiger partial charge in [-0.15, -0.1) is 0 Å². The lowest BCUT2D eigenvalue weighted by Crippen LogP contribution is -2.34. The van der Waals surface area contributed by atoms with Gasteiger partial charge >= 0.3 is 23.9 Å². The van der Waals surface area contributed by atoms with Gasteiger partial charge in [-0.3, -0.25) is 24.0 Å². The van der Waals surface area contributed by atoms with E-state index >= 15 is 0 Å². The zero-order valence-corrected chi connectivity index (χ0v) is 21.7. The molecule has 0 aromatic heterocycles. The first-order chi connectivity index (χ1) is 17.6. The van der Waals surface area contributed by atoms with Crippen molar-refractivity contribution in [3.05, 3.63) is 35.9 Å². The molecule has 0 aliphatic carbocycles. The molecule has 0 spiro atoms. The summed E-state index contributed by atoms with van der Waals surface area (Å²) in [5.41, 5.74) is 21.3. The normalized spacial score (nSPS) is 16.1. The molecule has 0 radical (unpaired) electrons. The first kappa shape index (κ1) is 36.6.